The van der Waals surface area contributed by atoms with Gasteiger partial charge in [0.05, 0.1) is 76.6 Å². The highest BCUT2D eigenvalue weighted by Gasteiger charge is 2.54. The lowest BCUT2D eigenvalue weighted by atomic mass is 10.1. The molecule has 5 N–H and O–H groups in total. The van der Waals surface area contributed by atoms with Crippen molar-refractivity contribution in [1.82, 2.24) is 72.8 Å². The highest BCUT2D eigenvalue weighted by Crippen LogP contribution is 2.52. The Morgan fingerprint density at radius 2 is 0.718 bits per heavy atom. The molecular formula is C101H115N19O16P2S2Si2. The fourth-order valence-corrected chi connectivity index (χ4v) is 30.4. The van der Waals surface area contributed by atoms with Crippen molar-refractivity contribution in [3.05, 3.63) is 336 Å². The van der Waals surface area contributed by atoms with E-state index >= 15 is 9.13 Å². The summed E-state index contributed by atoms with van der Waals surface area (Å²) in [5, 5.41) is 18.2. The maximum atomic E-state index is 15.0. The van der Waals surface area contributed by atoms with Crippen molar-refractivity contribution in [2.24, 2.45) is 0 Å². The van der Waals surface area contributed by atoms with Crippen LogP contribution in [0.4, 0.5) is 23.3 Å². The van der Waals surface area contributed by atoms with E-state index in [1.165, 1.54) is 34.1 Å². The second-order valence-electron chi connectivity index (χ2n) is 36.7. The number of carbonyl (C=O) groups excluding carboxylic acids is 4. The Labute approximate surface area is 837 Å². The second-order valence-corrected chi connectivity index (χ2v) is 50.2. The first-order valence-corrected chi connectivity index (χ1v) is 54.2. The number of ether oxygens (including phenoxy) is 4. The summed E-state index contributed by atoms with van der Waals surface area (Å²) in [7, 11) is -13.3. The van der Waals surface area contributed by atoms with Gasteiger partial charge in [-0.3, -0.25) is 46.6 Å². The lowest BCUT2D eigenvalue weighted by Gasteiger charge is -2.45. The van der Waals surface area contributed by atoms with Crippen LogP contribution in [0.3, 0.4) is 0 Å². The standard InChI is InChI=1S/C51H56N9O8PSi.C50H55N10O8PSi.2H2S/c1-51(2,3)70(40-23-13-7-14-24-40,41-25-15-8-16-26-41)66-33-39-30-58(31-44(68-39)60-35-54-45-46(52-34-53-47(45)60)57-49(62)37-20-11-6-12-21-37)69(4,64)65-32-38-22-17-27-43(67-38)59-29-28-42(56-50(59)63)55-48(61)36-18-9-5-10-19-36;1-50(2,3)70(39-21-13-7-14-22-39,40-23-15-8-16-24-40)66-32-38-29-58(30-43(68-38)60-34-54-44-45(52-33-53-46(44)60)57-48(62)36-19-11-6-12-20-36)69(4,64)65-31-37-27-51-28-42(67-37)59-26-25-41(56-49(59)63)55-47(61)35-17-9-5-10-18-35;;/h5-16,18-21,23-26,28-29,34-35,38-39,43-44H,17,22,27,30-33H2,1-4H3,(H,52,53,57,62)(H,55,56,61,63);5-26,33-34,37-38,42-43,51H,27-32H2,1-4H3,(H,52,53,57,62)(H,55,56,61,63);2*1H2/t38-,39-,43+,44+,69-;37-,38-,42+,43+,69-;;/m00../s1. The zero-order chi connectivity index (χ0) is 97.8. The summed E-state index contributed by atoms with van der Waals surface area (Å²) < 4.78 is 94.0. The molecule has 18 rings (SSSR count). The summed E-state index contributed by atoms with van der Waals surface area (Å²) >= 11 is 0. The van der Waals surface area contributed by atoms with Crippen LogP contribution in [-0.2, 0) is 46.0 Å². The van der Waals surface area contributed by atoms with Crippen molar-refractivity contribution in [2.75, 3.05) is 100 Å². The molecule has 4 saturated heterocycles. The number of benzene rings is 8. The molecule has 14 aromatic rings. The van der Waals surface area contributed by atoms with Gasteiger partial charge in [0.15, 0.2) is 40.2 Å². The van der Waals surface area contributed by atoms with Crippen LogP contribution in [0.25, 0.3) is 22.3 Å². The minimum absolute atomic E-state index is 0. The van der Waals surface area contributed by atoms with Gasteiger partial charge < -0.3 is 63.4 Å². The number of imidazole rings is 2. The highest BCUT2D eigenvalue weighted by molar-refractivity contribution is 7.59. The molecule has 10 heterocycles. The van der Waals surface area contributed by atoms with Crippen molar-refractivity contribution in [2.45, 2.75) is 120 Å². The maximum Gasteiger partial charge on any atom is 0.351 e. The minimum atomic E-state index is -3.64. The molecule has 4 amide bonds. The van der Waals surface area contributed by atoms with Gasteiger partial charge in [-0.1, -0.05) is 236 Å². The molecule has 4 aliphatic heterocycles. The monoisotopic (exact) mass is 2030 g/mol. The summed E-state index contributed by atoms with van der Waals surface area (Å²) in [5.74, 6) is -0.776. The van der Waals surface area contributed by atoms with Crippen molar-refractivity contribution in [1.29, 1.82) is 0 Å². The quantitative estimate of drug-likeness (QED) is 0.0206. The maximum absolute atomic E-state index is 15.0. The van der Waals surface area contributed by atoms with E-state index in [2.05, 4.69) is 157 Å². The van der Waals surface area contributed by atoms with Crippen molar-refractivity contribution >= 4 is 149 Å². The third kappa shape index (κ3) is 23.7. The molecular weight excluding hydrogens is 1920 g/mol. The zero-order valence-corrected chi connectivity index (χ0v) is 85.5. The average Bonchev–Trinajstić information content (AvgIpc) is 0.911. The number of carbonyl (C=O) groups is 4. The average molecular weight is 2030 g/mol. The van der Waals surface area contributed by atoms with Crippen molar-refractivity contribution in [3.63, 3.8) is 0 Å². The first-order chi connectivity index (χ1) is 67.6. The molecule has 4 aliphatic rings. The summed E-state index contributed by atoms with van der Waals surface area (Å²) in [5.41, 5.74) is 2.10. The fraction of sp³-hybridized carbons (Fsp3) is 0.307. The van der Waals surface area contributed by atoms with Gasteiger partial charge in [0.2, 0.25) is 0 Å². The van der Waals surface area contributed by atoms with E-state index in [9.17, 15) is 28.8 Å². The molecule has 0 bridgehead atoms. The third-order valence-corrected chi connectivity index (χ3v) is 39.1. The number of fused-ring (bicyclic) bond motifs is 2. The van der Waals surface area contributed by atoms with Crippen LogP contribution in [0.1, 0.15) is 127 Å². The number of hydrogen-bond acceptors (Lipinski definition) is 25. The number of nitrogens with zero attached hydrogens (tertiary/aromatic N) is 14. The highest BCUT2D eigenvalue weighted by atomic mass is 32.1. The molecule has 0 unspecified atom stereocenters. The normalized spacial score (nSPS) is 19.5. The Hall–Kier alpha value is -12.3. The largest absolute Gasteiger partial charge is 0.405 e. The summed E-state index contributed by atoms with van der Waals surface area (Å²) in [6.45, 7) is 18.0. The van der Waals surface area contributed by atoms with Crippen LogP contribution in [0.5, 0.6) is 0 Å². The molecule has 10 atom stereocenters. The van der Waals surface area contributed by atoms with E-state index in [0.29, 0.717) is 70.5 Å². The van der Waals surface area contributed by atoms with Crippen LogP contribution >= 0.6 is 42.0 Å². The summed E-state index contributed by atoms with van der Waals surface area (Å²) in [6.07, 6.45) is 5.58. The molecule has 0 spiro atoms. The van der Waals surface area contributed by atoms with E-state index in [-0.39, 0.29) is 131 Å². The molecule has 4 fully saturated rings. The van der Waals surface area contributed by atoms with Crippen LogP contribution in [0.15, 0.2) is 302 Å². The number of amides is 4. The van der Waals surface area contributed by atoms with Crippen LogP contribution in [0, 0.1) is 0 Å². The first kappa shape index (κ1) is 104. The van der Waals surface area contributed by atoms with E-state index in [1.807, 2.05) is 102 Å². The molecule has 41 heteroatoms. The molecule has 35 nitrogen and oxygen atoms in total. The zero-order valence-electron chi connectivity index (χ0n) is 79.7. The van der Waals surface area contributed by atoms with Crippen LogP contribution < -0.4 is 58.7 Å². The SMILES string of the molecule is CC(C)(C)[Si](OC[C@@H]1CN([P@@](C)(=O)OC[C@@H]2CCC[C@H](n3ccc(NC(=O)c4ccccc4)nc3=O)O2)C[C@H](n2cnc3c(NC(=O)c4ccccc4)ncnc32)O1)(c1ccccc1)c1ccccc1.CC(C)(C)[Si](OC[C@@H]1CN([P@@](C)(=O)OC[C@@H]2CNC[C@H](n3ccc(NC(=O)c4ccccc4)nc3=O)O2)C[C@H](n2cnc3c(NC(=O)c4ccccc4)ncnc32)O1)(c1ccccc1)c1ccccc1.S.S. The Bertz CT molecular complexity index is 6410. The first-order valence-electron chi connectivity index (χ1n) is 46.3. The van der Waals surface area contributed by atoms with Gasteiger partial charge >= 0.3 is 11.4 Å². The van der Waals surface area contributed by atoms with E-state index < -0.39 is 98.3 Å². The number of anilines is 4. The number of morpholine rings is 3. The van der Waals surface area contributed by atoms with Gasteiger partial charge in [0.1, 0.15) is 43.0 Å². The van der Waals surface area contributed by atoms with E-state index in [0.717, 1.165) is 27.2 Å². The lowest BCUT2D eigenvalue weighted by molar-refractivity contribution is -0.119. The van der Waals surface area contributed by atoms with Gasteiger partial charge in [0.25, 0.3) is 55.3 Å². The predicted octanol–water partition coefficient (Wildman–Crippen LogP) is 13.2. The van der Waals surface area contributed by atoms with Gasteiger partial charge in [-0.15, -0.1) is 0 Å². The molecule has 0 radical (unpaired) electrons. The molecule has 8 aromatic carbocycles. The number of aromatic nitrogens is 12. The lowest BCUT2D eigenvalue weighted by Crippen LogP contribution is -2.67. The van der Waals surface area contributed by atoms with Gasteiger partial charge in [-0.2, -0.15) is 37.0 Å². The summed E-state index contributed by atoms with van der Waals surface area (Å²) in [4.78, 5) is 114. The van der Waals surface area contributed by atoms with Crippen LogP contribution in [0.2, 0.25) is 10.1 Å². The molecule has 740 valence electrons. The van der Waals surface area contributed by atoms with Crippen LogP contribution in [-0.4, -0.2) is 211 Å². The Kier molecular flexibility index (Phi) is 33.6. The molecule has 0 aliphatic carbocycles. The van der Waals surface area contributed by atoms with E-state index in [1.54, 1.807) is 149 Å². The number of nitrogens with one attached hydrogen (secondary N) is 5. The third-order valence-electron chi connectivity index (χ3n) is 25.2. The second kappa shape index (κ2) is 45.9. The van der Waals surface area contributed by atoms with Gasteiger partial charge in [0, 0.05) is 74.2 Å². The number of rotatable bonds is 30. The van der Waals surface area contributed by atoms with Gasteiger partial charge in [-0.25, -0.2) is 48.8 Å². The smallest absolute Gasteiger partial charge is 0.351 e. The van der Waals surface area contributed by atoms with Crippen molar-refractivity contribution < 1.29 is 65.2 Å². The molecule has 142 heavy (non-hydrogen) atoms. The van der Waals surface area contributed by atoms with Gasteiger partial charge in [-0.05, 0) is 111 Å². The molecule has 6 aromatic heterocycles. The fourth-order valence-electron chi connectivity index (χ4n) is 18.2. The Balaban J connectivity index is 0.000000211. The topological polar surface area (TPSA) is 400 Å². The van der Waals surface area contributed by atoms with E-state index in [4.69, 9.17) is 36.8 Å². The van der Waals surface area contributed by atoms with Crippen molar-refractivity contribution in [3.8, 4) is 0 Å². The Morgan fingerprint density at radius 1 is 0.387 bits per heavy atom. The minimum Gasteiger partial charge on any atom is -0.405 e. The number of hydrogen-bond donors (Lipinski definition) is 5. The predicted molar refractivity (Wildman–Crippen MR) is 558 cm³/mol. The Morgan fingerprint density at radius 3 is 1.08 bits per heavy atom. The summed E-state index contributed by atoms with van der Waals surface area (Å²) in [6, 6.07) is 79.4. The molecule has 0 saturated carbocycles.